The van der Waals surface area contributed by atoms with Crippen molar-refractivity contribution in [3.05, 3.63) is 83.5 Å². The molecule has 0 atom stereocenters. The van der Waals surface area contributed by atoms with E-state index >= 15 is 0 Å². The van der Waals surface area contributed by atoms with E-state index in [-0.39, 0.29) is 17.3 Å². The number of Topliss-reactive ketones (excluding diaryl/α,β-unsaturated/α-hetero) is 1. The van der Waals surface area contributed by atoms with Gasteiger partial charge in [-0.1, -0.05) is 6.07 Å². The smallest absolute Gasteiger partial charge is 0.343 e. The summed E-state index contributed by atoms with van der Waals surface area (Å²) in [6.45, 7) is 0. The fourth-order valence-corrected chi connectivity index (χ4v) is 2.65. The number of esters is 1. The summed E-state index contributed by atoms with van der Waals surface area (Å²) in [5, 5.41) is 0. The van der Waals surface area contributed by atoms with Crippen LogP contribution in [0.1, 0.15) is 26.5 Å². The second-order valence-corrected chi connectivity index (χ2v) is 5.73. The van der Waals surface area contributed by atoms with Gasteiger partial charge in [0.15, 0.2) is 5.76 Å². The molecule has 0 saturated heterocycles. The average molecular weight is 362 g/mol. The van der Waals surface area contributed by atoms with Crippen molar-refractivity contribution in [2.75, 3.05) is 7.11 Å². The Kier molecular flexibility index (Phi) is 4.22. The second-order valence-electron chi connectivity index (χ2n) is 5.73. The molecule has 0 bridgehead atoms. The lowest BCUT2D eigenvalue weighted by atomic mass is 10.1. The SMILES string of the molecule is COc1cccc(C(=O)Oc2ccc3c(c2)OC(=Cc2ccco2)C3=O)c1. The molecular weight excluding hydrogens is 348 g/mol. The van der Waals surface area contributed by atoms with Crippen molar-refractivity contribution >= 4 is 17.8 Å². The van der Waals surface area contributed by atoms with E-state index in [9.17, 15) is 9.59 Å². The first-order valence-corrected chi connectivity index (χ1v) is 8.12. The monoisotopic (exact) mass is 362 g/mol. The van der Waals surface area contributed by atoms with E-state index in [1.165, 1.54) is 25.5 Å². The van der Waals surface area contributed by atoms with Crippen LogP contribution in [0.15, 0.2) is 71.0 Å². The number of hydrogen-bond donors (Lipinski definition) is 0. The van der Waals surface area contributed by atoms with Crippen LogP contribution < -0.4 is 14.2 Å². The van der Waals surface area contributed by atoms with Crippen LogP contribution in [0.3, 0.4) is 0 Å². The van der Waals surface area contributed by atoms with Crippen molar-refractivity contribution in [2.45, 2.75) is 0 Å². The van der Waals surface area contributed by atoms with Gasteiger partial charge < -0.3 is 18.6 Å². The largest absolute Gasteiger partial charge is 0.497 e. The van der Waals surface area contributed by atoms with E-state index in [0.717, 1.165) is 0 Å². The number of ketones is 1. The summed E-state index contributed by atoms with van der Waals surface area (Å²) >= 11 is 0. The Hall–Kier alpha value is -3.80. The normalized spacial score (nSPS) is 14.0. The predicted octanol–water partition coefficient (Wildman–Crippen LogP) is 4.12. The van der Waals surface area contributed by atoms with Crippen molar-refractivity contribution in [3.8, 4) is 17.2 Å². The van der Waals surface area contributed by atoms with E-state index in [0.29, 0.717) is 28.4 Å². The first-order chi connectivity index (χ1) is 13.1. The van der Waals surface area contributed by atoms with Crippen molar-refractivity contribution in [2.24, 2.45) is 0 Å². The van der Waals surface area contributed by atoms with Crippen LogP contribution in [0.4, 0.5) is 0 Å². The average Bonchev–Trinajstić information content (AvgIpc) is 3.30. The molecule has 6 heteroatoms. The van der Waals surface area contributed by atoms with Crippen LogP contribution in [0.2, 0.25) is 0 Å². The highest BCUT2D eigenvalue weighted by molar-refractivity contribution is 6.14. The summed E-state index contributed by atoms with van der Waals surface area (Å²) < 4.78 is 21.3. The number of fused-ring (bicyclic) bond motifs is 1. The molecule has 27 heavy (non-hydrogen) atoms. The number of hydrogen-bond acceptors (Lipinski definition) is 6. The quantitative estimate of drug-likeness (QED) is 0.395. The van der Waals surface area contributed by atoms with Gasteiger partial charge in [-0.25, -0.2) is 4.79 Å². The molecule has 2 heterocycles. The third kappa shape index (κ3) is 3.32. The molecule has 1 aromatic heterocycles. The molecule has 3 aromatic rings. The Labute approximate surface area is 154 Å². The van der Waals surface area contributed by atoms with Gasteiger partial charge in [-0.3, -0.25) is 4.79 Å². The predicted molar refractivity (Wildman–Crippen MR) is 96.0 cm³/mol. The van der Waals surface area contributed by atoms with Crippen LogP contribution in [0, 0.1) is 0 Å². The number of furan rings is 1. The van der Waals surface area contributed by atoms with Gasteiger partial charge in [0.2, 0.25) is 5.78 Å². The molecule has 0 unspecified atom stereocenters. The topological polar surface area (TPSA) is 75.0 Å². The first kappa shape index (κ1) is 16.7. The second kappa shape index (κ2) is 6.84. The van der Waals surface area contributed by atoms with Crippen molar-refractivity contribution in [1.82, 2.24) is 0 Å². The molecule has 0 aliphatic carbocycles. The molecule has 0 amide bonds. The molecule has 1 aliphatic rings. The molecular formula is C21H14O6. The zero-order valence-corrected chi connectivity index (χ0v) is 14.3. The van der Waals surface area contributed by atoms with Gasteiger partial charge in [-0.15, -0.1) is 0 Å². The summed E-state index contributed by atoms with van der Waals surface area (Å²) in [4.78, 5) is 24.7. The zero-order chi connectivity index (χ0) is 18.8. The molecule has 2 aromatic carbocycles. The molecule has 0 N–H and O–H groups in total. The van der Waals surface area contributed by atoms with E-state index in [1.807, 2.05) is 0 Å². The van der Waals surface area contributed by atoms with Gasteiger partial charge in [-0.2, -0.15) is 0 Å². The number of carbonyl (C=O) groups excluding carboxylic acids is 2. The maximum atomic E-state index is 12.4. The van der Waals surface area contributed by atoms with E-state index < -0.39 is 5.97 Å². The lowest BCUT2D eigenvalue weighted by Gasteiger charge is -2.07. The van der Waals surface area contributed by atoms with Crippen molar-refractivity contribution < 1.29 is 28.2 Å². The highest BCUT2D eigenvalue weighted by Gasteiger charge is 2.28. The molecule has 134 valence electrons. The van der Waals surface area contributed by atoms with Gasteiger partial charge in [0, 0.05) is 12.1 Å². The number of methoxy groups -OCH3 is 1. The van der Waals surface area contributed by atoms with Crippen LogP contribution in [0.25, 0.3) is 6.08 Å². The minimum absolute atomic E-state index is 0.149. The standard InChI is InChI=1S/C21H14O6/c1-24-14-5-2-4-13(10-14)21(23)26-16-7-8-17-18(12-16)27-19(20(17)22)11-15-6-3-9-25-15/h2-12H,1H3. The third-order valence-electron chi connectivity index (χ3n) is 3.97. The Bertz CT molecular complexity index is 1050. The molecule has 6 nitrogen and oxygen atoms in total. The van der Waals surface area contributed by atoms with Gasteiger partial charge in [-0.05, 0) is 42.5 Å². The maximum absolute atomic E-state index is 12.4. The molecule has 0 fully saturated rings. The minimum atomic E-state index is -0.537. The summed E-state index contributed by atoms with van der Waals surface area (Å²) in [5.74, 6) is 1.02. The fourth-order valence-electron chi connectivity index (χ4n) is 2.65. The van der Waals surface area contributed by atoms with Crippen molar-refractivity contribution in [1.29, 1.82) is 0 Å². The summed E-state index contributed by atoms with van der Waals surface area (Å²) in [6.07, 6.45) is 3.03. The minimum Gasteiger partial charge on any atom is -0.497 e. The molecule has 1 aliphatic heterocycles. The highest BCUT2D eigenvalue weighted by Crippen LogP contribution is 2.35. The number of ether oxygens (including phenoxy) is 3. The summed E-state index contributed by atoms with van der Waals surface area (Å²) in [7, 11) is 1.52. The molecule has 0 radical (unpaired) electrons. The number of carbonyl (C=O) groups is 2. The Morgan fingerprint density at radius 1 is 1.04 bits per heavy atom. The van der Waals surface area contributed by atoms with Gasteiger partial charge in [0.1, 0.15) is 23.0 Å². The Balaban J connectivity index is 1.55. The summed E-state index contributed by atoms with van der Waals surface area (Å²) in [5.41, 5.74) is 0.749. The lowest BCUT2D eigenvalue weighted by molar-refractivity contribution is 0.0734. The Morgan fingerprint density at radius 3 is 2.70 bits per heavy atom. The maximum Gasteiger partial charge on any atom is 0.343 e. The molecule has 4 rings (SSSR count). The fraction of sp³-hybridized carbons (Fsp3) is 0.0476. The van der Waals surface area contributed by atoms with Gasteiger partial charge in [0.25, 0.3) is 0 Å². The van der Waals surface area contributed by atoms with Gasteiger partial charge >= 0.3 is 5.97 Å². The van der Waals surface area contributed by atoms with Crippen LogP contribution in [0.5, 0.6) is 17.2 Å². The molecule has 0 saturated carbocycles. The number of allylic oxidation sites excluding steroid dienone is 1. The van der Waals surface area contributed by atoms with E-state index in [1.54, 1.807) is 48.5 Å². The van der Waals surface area contributed by atoms with Crippen LogP contribution >= 0.6 is 0 Å². The van der Waals surface area contributed by atoms with Crippen LogP contribution in [-0.2, 0) is 0 Å². The van der Waals surface area contributed by atoms with E-state index in [2.05, 4.69) is 0 Å². The first-order valence-electron chi connectivity index (χ1n) is 8.12. The third-order valence-corrected chi connectivity index (χ3v) is 3.97. The lowest BCUT2D eigenvalue weighted by Crippen LogP contribution is -2.08. The van der Waals surface area contributed by atoms with E-state index in [4.69, 9.17) is 18.6 Å². The number of rotatable bonds is 4. The van der Waals surface area contributed by atoms with Crippen LogP contribution in [-0.4, -0.2) is 18.9 Å². The molecule has 0 spiro atoms. The number of benzene rings is 2. The summed E-state index contributed by atoms with van der Waals surface area (Å²) in [6, 6.07) is 14.7. The van der Waals surface area contributed by atoms with Crippen molar-refractivity contribution in [3.63, 3.8) is 0 Å². The zero-order valence-electron chi connectivity index (χ0n) is 14.3. The van der Waals surface area contributed by atoms with Gasteiger partial charge in [0.05, 0.1) is 24.5 Å². The highest BCUT2D eigenvalue weighted by atomic mass is 16.5. The Morgan fingerprint density at radius 2 is 1.93 bits per heavy atom.